The van der Waals surface area contributed by atoms with Crippen LogP contribution >= 0.6 is 11.6 Å². The van der Waals surface area contributed by atoms with Crippen LogP contribution in [0.5, 0.6) is 11.5 Å². The van der Waals surface area contributed by atoms with Crippen LogP contribution in [-0.4, -0.2) is 28.4 Å². The van der Waals surface area contributed by atoms with Crippen LogP contribution in [-0.2, 0) is 4.79 Å². The zero-order chi connectivity index (χ0) is 21.8. The maximum atomic E-state index is 12.9. The Kier molecular flexibility index (Phi) is 6.66. The Labute approximate surface area is 187 Å². The fourth-order valence-corrected chi connectivity index (χ4v) is 4.59. The molecule has 0 saturated heterocycles. The van der Waals surface area contributed by atoms with Gasteiger partial charge in [0.15, 0.2) is 0 Å². The topological polar surface area (TPSA) is 85.2 Å². The zero-order valence-corrected chi connectivity index (χ0v) is 18.2. The third-order valence-corrected chi connectivity index (χ3v) is 6.40. The molecule has 2 aliphatic rings. The molecule has 164 valence electrons. The molecule has 4 rings (SSSR count). The zero-order valence-electron chi connectivity index (χ0n) is 17.4. The molecule has 0 spiro atoms. The van der Waals surface area contributed by atoms with Gasteiger partial charge in [-0.2, -0.15) is 5.10 Å². The van der Waals surface area contributed by atoms with E-state index < -0.39 is 0 Å². The molecule has 2 aromatic carbocycles. The first kappa shape index (κ1) is 21.5. The lowest BCUT2D eigenvalue weighted by Gasteiger charge is -2.24. The number of phenolic OH excluding ortho intramolecular Hbond substituents is 2. The van der Waals surface area contributed by atoms with E-state index in [2.05, 4.69) is 10.4 Å². The van der Waals surface area contributed by atoms with Crippen molar-refractivity contribution in [1.29, 1.82) is 0 Å². The van der Waals surface area contributed by atoms with Gasteiger partial charge in [0.2, 0.25) is 0 Å². The standard InChI is InChI=1S/C24H28ClN3O3/c25-18-9-12-21(23(30)13-18)28-22(17-7-10-19(29)11-8-17)14-20(27-28)24(31)26-15-16-5-3-1-2-4-6-16/h7-13,16,22,29-30H,1-6,14-15H2,(H,26,31)/t22-/m0/s1. The van der Waals surface area contributed by atoms with Gasteiger partial charge >= 0.3 is 0 Å². The summed E-state index contributed by atoms with van der Waals surface area (Å²) in [7, 11) is 0. The van der Waals surface area contributed by atoms with Crippen LogP contribution in [0.4, 0.5) is 5.69 Å². The minimum atomic E-state index is -0.272. The van der Waals surface area contributed by atoms with Crippen molar-refractivity contribution >= 4 is 28.9 Å². The fourth-order valence-electron chi connectivity index (χ4n) is 4.42. The molecule has 2 aromatic rings. The van der Waals surface area contributed by atoms with Crippen molar-refractivity contribution in [1.82, 2.24) is 5.32 Å². The summed E-state index contributed by atoms with van der Waals surface area (Å²) in [6.07, 6.45) is 7.75. The second-order valence-corrected chi connectivity index (χ2v) is 8.84. The van der Waals surface area contributed by atoms with Crippen molar-refractivity contribution in [3.63, 3.8) is 0 Å². The van der Waals surface area contributed by atoms with E-state index in [0.29, 0.717) is 35.3 Å². The number of nitrogens with zero attached hydrogens (tertiary/aromatic N) is 2. The molecular formula is C24H28ClN3O3. The van der Waals surface area contributed by atoms with E-state index in [9.17, 15) is 15.0 Å². The third kappa shape index (κ3) is 5.13. The number of rotatable bonds is 5. The van der Waals surface area contributed by atoms with Gasteiger partial charge < -0.3 is 15.5 Å². The summed E-state index contributed by atoms with van der Waals surface area (Å²) in [5.74, 6) is 0.534. The summed E-state index contributed by atoms with van der Waals surface area (Å²) in [4.78, 5) is 12.9. The quantitative estimate of drug-likeness (QED) is 0.560. The Morgan fingerprint density at radius 2 is 1.77 bits per heavy atom. The number of hydrogen-bond donors (Lipinski definition) is 3. The first-order valence-electron chi connectivity index (χ1n) is 10.9. The average molecular weight is 442 g/mol. The van der Waals surface area contributed by atoms with Gasteiger partial charge in [-0.05, 0) is 48.6 Å². The number of aromatic hydroxyl groups is 2. The van der Waals surface area contributed by atoms with Crippen molar-refractivity contribution in [2.45, 2.75) is 51.0 Å². The minimum absolute atomic E-state index is 0.000132. The van der Waals surface area contributed by atoms with E-state index in [1.807, 2.05) is 12.1 Å². The number of amides is 1. The van der Waals surface area contributed by atoms with Gasteiger partial charge in [-0.25, -0.2) is 0 Å². The lowest BCUT2D eigenvalue weighted by atomic mass is 9.99. The molecule has 1 aliphatic heterocycles. The highest BCUT2D eigenvalue weighted by atomic mass is 35.5. The van der Waals surface area contributed by atoms with Gasteiger partial charge in [-0.1, -0.05) is 49.4 Å². The lowest BCUT2D eigenvalue weighted by molar-refractivity contribution is -0.115. The third-order valence-electron chi connectivity index (χ3n) is 6.16. The second kappa shape index (κ2) is 9.60. The van der Waals surface area contributed by atoms with Crippen molar-refractivity contribution in [3.05, 3.63) is 53.1 Å². The summed E-state index contributed by atoms with van der Waals surface area (Å²) in [6, 6.07) is 11.4. The summed E-state index contributed by atoms with van der Waals surface area (Å²) >= 11 is 5.99. The number of halogens is 1. The molecule has 6 nitrogen and oxygen atoms in total. The predicted molar refractivity (Wildman–Crippen MR) is 123 cm³/mol. The van der Waals surface area contributed by atoms with Crippen molar-refractivity contribution in [3.8, 4) is 11.5 Å². The molecule has 0 bridgehead atoms. The number of carbonyl (C=O) groups excluding carboxylic acids is 1. The van der Waals surface area contributed by atoms with Crippen molar-refractivity contribution in [2.24, 2.45) is 11.0 Å². The number of phenols is 2. The first-order valence-corrected chi connectivity index (χ1v) is 11.3. The molecule has 7 heteroatoms. The van der Waals surface area contributed by atoms with E-state index >= 15 is 0 Å². The molecule has 1 heterocycles. The van der Waals surface area contributed by atoms with Gasteiger partial charge in [-0.3, -0.25) is 9.80 Å². The van der Waals surface area contributed by atoms with Gasteiger partial charge in [0, 0.05) is 24.1 Å². The predicted octanol–water partition coefficient (Wildman–Crippen LogP) is 5.15. The van der Waals surface area contributed by atoms with Crippen molar-refractivity contribution < 1.29 is 15.0 Å². The summed E-state index contributed by atoms with van der Waals surface area (Å²) < 4.78 is 0. The molecule has 1 saturated carbocycles. The van der Waals surface area contributed by atoms with E-state index in [0.717, 1.165) is 18.4 Å². The summed E-state index contributed by atoms with van der Waals surface area (Å²) in [5.41, 5.74) is 1.80. The number of nitrogens with one attached hydrogen (secondary N) is 1. The van der Waals surface area contributed by atoms with E-state index in [1.54, 1.807) is 29.3 Å². The fraction of sp³-hybridized carbons (Fsp3) is 0.417. The monoisotopic (exact) mass is 441 g/mol. The van der Waals surface area contributed by atoms with Crippen LogP contribution in [0, 0.1) is 5.92 Å². The van der Waals surface area contributed by atoms with Gasteiger partial charge in [0.25, 0.3) is 5.91 Å². The molecule has 31 heavy (non-hydrogen) atoms. The minimum Gasteiger partial charge on any atom is -0.508 e. The molecule has 1 amide bonds. The van der Waals surface area contributed by atoms with E-state index in [1.165, 1.54) is 31.7 Å². The van der Waals surface area contributed by atoms with Gasteiger partial charge in [0.1, 0.15) is 22.9 Å². The second-order valence-electron chi connectivity index (χ2n) is 8.40. The normalized spacial score (nSPS) is 19.7. The molecular weight excluding hydrogens is 414 g/mol. The Balaban J connectivity index is 1.54. The highest BCUT2D eigenvalue weighted by Gasteiger charge is 2.33. The molecule has 0 radical (unpaired) electrons. The smallest absolute Gasteiger partial charge is 0.267 e. The number of hydrazone groups is 1. The number of benzene rings is 2. The Bertz CT molecular complexity index is 953. The summed E-state index contributed by atoms with van der Waals surface area (Å²) in [5, 5.41) is 29.9. The van der Waals surface area contributed by atoms with E-state index in [-0.39, 0.29) is 23.4 Å². The molecule has 3 N–H and O–H groups in total. The number of hydrogen-bond acceptors (Lipinski definition) is 5. The Morgan fingerprint density at radius 3 is 2.45 bits per heavy atom. The van der Waals surface area contributed by atoms with Crippen LogP contribution < -0.4 is 10.3 Å². The van der Waals surface area contributed by atoms with Crippen LogP contribution in [0.1, 0.15) is 56.6 Å². The van der Waals surface area contributed by atoms with Crippen LogP contribution in [0.3, 0.4) is 0 Å². The maximum Gasteiger partial charge on any atom is 0.267 e. The van der Waals surface area contributed by atoms with E-state index in [4.69, 9.17) is 11.6 Å². The first-order chi connectivity index (χ1) is 15.0. The molecule has 1 atom stereocenters. The van der Waals surface area contributed by atoms with Gasteiger partial charge in [-0.15, -0.1) is 0 Å². The molecule has 1 fully saturated rings. The number of carbonyl (C=O) groups is 1. The molecule has 1 aliphatic carbocycles. The average Bonchev–Trinajstić information content (AvgIpc) is 3.02. The highest BCUT2D eigenvalue weighted by molar-refractivity contribution is 6.39. The van der Waals surface area contributed by atoms with Crippen LogP contribution in [0.25, 0.3) is 0 Å². The molecule has 0 aromatic heterocycles. The SMILES string of the molecule is O=C(NCC1CCCCCC1)C1=NN(c2ccc(Cl)cc2O)[C@H](c2ccc(O)cc2)C1. The molecule has 0 unspecified atom stereocenters. The van der Waals surface area contributed by atoms with Crippen molar-refractivity contribution in [2.75, 3.05) is 11.6 Å². The Hall–Kier alpha value is -2.73. The summed E-state index contributed by atoms with van der Waals surface area (Å²) in [6.45, 7) is 0.675. The highest BCUT2D eigenvalue weighted by Crippen LogP contribution is 2.40. The number of anilines is 1. The largest absolute Gasteiger partial charge is 0.508 e. The van der Waals surface area contributed by atoms with Crippen LogP contribution in [0.2, 0.25) is 5.02 Å². The lowest BCUT2D eigenvalue weighted by Crippen LogP contribution is -2.34. The Morgan fingerprint density at radius 1 is 1.06 bits per heavy atom. The maximum absolute atomic E-state index is 12.9. The van der Waals surface area contributed by atoms with Gasteiger partial charge in [0.05, 0.1) is 6.04 Å². The van der Waals surface area contributed by atoms with Crippen LogP contribution in [0.15, 0.2) is 47.6 Å².